The molecule has 0 heterocycles. The minimum Gasteiger partial charge on any atom is -0.427 e. The highest BCUT2D eigenvalue weighted by Crippen LogP contribution is 2.37. The molecule has 1 atom stereocenters. The minimum atomic E-state index is -1.37. The Morgan fingerprint density at radius 3 is 2.38 bits per heavy atom. The van der Waals surface area contributed by atoms with E-state index in [0.29, 0.717) is 5.82 Å². The Hall–Kier alpha value is -0.0551. The zero-order chi connectivity index (χ0) is 10.0. The number of hydrogen-bond donors (Lipinski definition) is 2. The van der Waals surface area contributed by atoms with Crippen molar-refractivity contribution in [1.29, 1.82) is 0 Å². The molecule has 1 fully saturated rings. The second kappa shape index (κ2) is 4.44. The van der Waals surface area contributed by atoms with E-state index in [2.05, 4.69) is 0 Å². The summed E-state index contributed by atoms with van der Waals surface area (Å²) in [6, 6.07) is 0.201. The smallest absolute Gasteiger partial charge is 0.427 e. The Morgan fingerprint density at radius 2 is 1.92 bits per heavy atom. The lowest BCUT2D eigenvalue weighted by molar-refractivity contribution is 0.327. The van der Waals surface area contributed by atoms with Crippen molar-refractivity contribution in [2.75, 3.05) is 14.1 Å². The minimum absolute atomic E-state index is 0.201. The molecule has 1 aliphatic rings. The van der Waals surface area contributed by atoms with Crippen LogP contribution in [0.2, 0.25) is 0 Å². The Morgan fingerprint density at radius 1 is 1.31 bits per heavy atom. The van der Waals surface area contributed by atoms with Gasteiger partial charge in [-0.2, -0.15) is 0 Å². The van der Waals surface area contributed by atoms with Gasteiger partial charge in [-0.3, -0.25) is 0 Å². The van der Waals surface area contributed by atoms with Crippen LogP contribution in [-0.2, 0) is 0 Å². The Balaban J connectivity index is 2.57. The fourth-order valence-corrected chi connectivity index (χ4v) is 1.34. The highest BCUT2D eigenvalue weighted by Gasteiger charge is 2.40. The molecule has 3 nitrogen and oxygen atoms in total. The van der Waals surface area contributed by atoms with Gasteiger partial charge in [0.15, 0.2) is 0 Å². The average Bonchev–Trinajstić information content (AvgIpc) is 2.50. The van der Waals surface area contributed by atoms with Gasteiger partial charge in [0.25, 0.3) is 0 Å². The molecular weight excluding hydrogens is 165 g/mol. The number of hydrogen-bond acceptors (Lipinski definition) is 3. The fourth-order valence-electron chi connectivity index (χ4n) is 1.34. The molecule has 0 aliphatic heterocycles. The number of nitrogens with zero attached hydrogens (tertiary/aromatic N) is 1. The van der Waals surface area contributed by atoms with Crippen molar-refractivity contribution in [2.45, 2.75) is 13.0 Å². The predicted molar refractivity (Wildman–Crippen MR) is 52.7 cm³/mol. The van der Waals surface area contributed by atoms with Crippen molar-refractivity contribution in [3.63, 3.8) is 0 Å². The van der Waals surface area contributed by atoms with Crippen molar-refractivity contribution in [3.05, 3.63) is 31.0 Å². The van der Waals surface area contributed by atoms with Gasteiger partial charge in [0.2, 0.25) is 0 Å². The van der Waals surface area contributed by atoms with Gasteiger partial charge in [-0.15, -0.1) is 0 Å². The van der Waals surface area contributed by atoms with Crippen LogP contribution in [0.3, 0.4) is 0 Å². The molecular formula is C9H15BNO2. The summed E-state index contributed by atoms with van der Waals surface area (Å²) in [4.78, 5) is 2.03. The molecule has 0 unspecified atom stereocenters. The summed E-state index contributed by atoms with van der Waals surface area (Å²) in [5.74, 6) is 1.57. The lowest BCUT2D eigenvalue weighted by Crippen LogP contribution is -2.37. The van der Waals surface area contributed by atoms with Crippen LogP contribution in [-0.4, -0.2) is 42.2 Å². The van der Waals surface area contributed by atoms with Crippen LogP contribution in [0.1, 0.15) is 6.92 Å². The van der Waals surface area contributed by atoms with E-state index in [1.807, 2.05) is 38.8 Å². The van der Waals surface area contributed by atoms with E-state index >= 15 is 0 Å². The summed E-state index contributed by atoms with van der Waals surface area (Å²) in [6.07, 6.45) is 5.49. The molecule has 1 saturated carbocycles. The van der Waals surface area contributed by atoms with Crippen LogP contribution >= 0.6 is 0 Å². The molecule has 0 spiro atoms. The average molecular weight is 180 g/mol. The van der Waals surface area contributed by atoms with Gasteiger partial charge in [0, 0.05) is 17.8 Å². The van der Waals surface area contributed by atoms with Gasteiger partial charge in [0.1, 0.15) is 0 Å². The maximum absolute atomic E-state index is 9.06. The maximum atomic E-state index is 9.06. The molecule has 71 valence electrons. The van der Waals surface area contributed by atoms with E-state index in [4.69, 9.17) is 10.0 Å². The molecule has 0 amide bonds. The maximum Gasteiger partial charge on any atom is 0.459 e. The van der Waals surface area contributed by atoms with Crippen molar-refractivity contribution < 1.29 is 10.0 Å². The normalized spacial score (nSPS) is 22.6. The van der Waals surface area contributed by atoms with Gasteiger partial charge < -0.3 is 14.9 Å². The number of rotatable bonds is 3. The third-order valence-electron chi connectivity index (χ3n) is 2.39. The first-order chi connectivity index (χ1) is 6.04. The SMILES string of the molecule is C[C@@H]([C]1[CH][CH][CH][C]1B(O)O)N(C)C. The molecule has 1 rings (SSSR count). The highest BCUT2D eigenvalue weighted by molar-refractivity contribution is 6.51. The predicted octanol–water partition coefficient (Wildman–Crippen LogP) is -0.276. The first-order valence-corrected chi connectivity index (χ1v) is 4.32. The monoisotopic (exact) mass is 180 g/mol. The van der Waals surface area contributed by atoms with E-state index in [1.165, 1.54) is 0 Å². The molecule has 0 saturated heterocycles. The van der Waals surface area contributed by atoms with Gasteiger partial charge in [-0.25, -0.2) is 0 Å². The Kier molecular flexibility index (Phi) is 3.77. The molecule has 13 heavy (non-hydrogen) atoms. The van der Waals surface area contributed by atoms with Crippen LogP contribution in [0, 0.1) is 31.0 Å². The summed E-state index contributed by atoms with van der Waals surface area (Å²) in [7, 11) is 2.56. The van der Waals surface area contributed by atoms with Gasteiger partial charge >= 0.3 is 7.12 Å². The largest absolute Gasteiger partial charge is 0.459 e. The van der Waals surface area contributed by atoms with Crippen LogP contribution < -0.4 is 0 Å². The van der Waals surface area contributed by atoms with Crippen molar-refractivity contribution in [2.24, 2.45) is 0 Å². The zero-order valence-electron chi connectivity index (χ0n) is 8.23. The molecule has 0 aromatic rings. The van der Waals surface area contributed by atoms with Crippen LogP contribution in [0.4, 0.5) is 0 Å². The van der Waals surface area contributed by atoms with Crippen molar-refractivity contribution in [1.82, 2.24) is 4.90 Å². The first-order valence-electron chi connectivity index (χ1n) is 4.32. The summed E-state index contributed by atoms with van der Waals surface area (Å²) >= 11 is 0. The summed E-state index contributed by atoms with van der Waals surface area (Å²) < 4.78 is 0. The van der Waals surface area contributed by atoms with E-state index < -0.39 is 7.12 Å². The zero-order valence-corrected chi connectivity index (χ0v) is 8.23. The molecule has 2 N–H and O–H groups in total. The molecule has 0 bridgehead atoms. The Bertz CT molecular complexity index is 164. The highest BCUT2D eigenvalue weighted by atomic mass is 16.4. The van der Waals surface area contributed by atoms with Gasteiger partial charge in [0.05, 0.1) is 0 Å². The molecule has 1 aliphatic carbocycles. The standard InChI is InChI=1S/C9H15BNO2/c1-7(11(2)3)8-5-4-6-9(8)10(12)13/h4-7,12-13H,1-3H3/t7-/m0/s1. The van der Waals surface area contributed by atoms with Gasteiger partial charge in [-0.1, -0.05) is 0 Å². The third kappa shape index (κ3) is 2.45. The van der Waals surface area contributed by atoms with E-state index in [-0.39, 0.29) is 6.04 Å². The van der Waals surface area contributed by atoms with E-state index in [1.54, 1.807) is 6.42 Å². The topological polar surface area (TPSA) is 43.7 Å². The lowest BCUT2D eigenvalue weighted by atomic mass is 9.65. The van der Waals surface area contributed by atoms with Crippen LogP contribution in [0.25, 0.3) is 0 Å². The summed E-state index contributed by atoms with van der Waals surface area (Å²) in [5, 5.41) is 18.1. The van der Waals surface area contributed by atoms with Crippen LogP contribution in [0.5, 0.6) is 0 Å². The molecule has 0 aromatic heterocycles. The second-order valence-electron chi connectivity index (χ2n) is 3.45. The van der Waals surface area contributed by atoms with E-state index in [9.17, 15) is 0 Å². The van der Waals surface area contributed by atoms with Crippen molar-refractivity contribution in [3.8, 4) is 0 Å². The molecule has 5 radical (unpaired) electrons. The van der Waals surface area contributed by atoms with Crippen molar-refractivity contribution >= 4 is 7.12 Å². The van der Waals surface area contributed by atoms with E-state index in [0.717, 1.165) is 5.92 Å². The fraction of sp³-hybridized carbons (Fsp3) is 0.444. The second-order valence-corrected chi connectivity index (χ2v) is 3.45. The third-order valence-corrected chi connectivity index (χ3v) is 2.39. The van der Waals surface area contributed by atoms with Crippen LogP contribution in [0.15, 0.2) is 0 Å². The lowest BCUT2D eigenvalue weighted by Gasteiger charge is -2.29. The summed E-state index contributed by atoms with van der Waals surface area (Å²) in [6.45, 7) is 2.03. The van der Waals surface area contributed by atoms with Gasteiger partial charge in [-0.05, 0) is 40.3 Å². The summed E-state index contributed by atoms with van der Waals surface area (Å²) in [5.41, 5.74) is 0. The molecule has 4 heteroatoms. The molecule has 0 aromatic carbocycles. The quantitative estimate of drug-likeness (QED) is 0.587. The Labute approximate surface area is 80.9 Å². The first kappa shape index (κ1) is 11.0.